The average molecular weight is 301 g/mol. The molecule has 0 amide bonds. The van der Waals surface area contributed by atoms with Crippen molar-refractivity contribution >= 4 is 21.5 Å². The van der Waals surface area contributed by atoms with Gasteiger partial charge >= 0.3 is 5.97 Å². The molecule has 0 atom stereocenters. The second kappa shape index (κ2) is 5.20. The van der Waals surface area contributed by atoms with E-state index in [1.807, 2.05) is 0 Å². The van der Waals surface area contributed by atoms with Gasteiger partial charge in [0.2, 0.25) is 0 Å². The molecule has 0 aliphatic carbocycles. The van der Waals surface area contributed by atoms with E-state index in [2.05, 4.69) is 0 Å². The summed E-state index contributed by atoms with van der Waals surface area (Å²) in [7, 11) is -3.75. The second-order valence-electron chi connectivity index (χ2n) is 5.21. The third-order valence-corrected chi connectivity index (χ3v) is 3.33. The maximum absolute atomic E-state index is 11.8. The molecule has 0 aromatic heterocycles. The summed E-state index contributed by atoms with van der Waals surface area (Å²) in [6.07, 6.45) is 0.864. The Morgan fingerprint density at radius 1 is 1.30 bits per heavy atom. The zero-order chi connectivity index (χ0) is 15.7. The van der Waals surface area contributed by atoms with E-state index in [0.717, 1.165) is 18.4 Å². The molecule has 0 fully saturated rings. The molecule has 1 aromatic carbocycles. The minimum Gasteiger partial charge on any atom is -0.456 e. The van der Waals surface area contributed by atoms with Crippen molar-refractivity contribution in [2.75, 3.05) is 6.26 Å². The van der Waals surface area contributed by atoms with Crippen molar-refractivity contribution in [3.63, 3.8) is 0 Å². The lowest BCUT2D eigenvalue weighted by molar-refractivity contribution is -0.387. The van der Waals surface area contributed by atoms with Gasteiger partial charge < -0.3 is 4.74 Å². The molecule has 20 heavy (non-hydrogen) atoms. The first kappa shape index (κ1) is 16.1. The fraction of sp³-hybridized carbons (Fsp3) is 0.417. The molecule has 0 aliphatic rings. The molecule has 1 rings (SSSR count). The molecule has 110 valence electrons. The Hall–Kier alpha value is -1.96. The number of nitrogens with zero attached hydrogens (tertiary/aromatic N) is 1. The summed E-state index contributed by atoms with van der Waals surface area (Å²) < 4.78 is 28.0. The summed E-state index contributed by atoms with van der Waals surface area (Å²) in [4.78, 5) is 21.4. The molecule has 0 saturated carbocycles. The zero-order valence-corrected chi connectivity index (χ0v) is 12.4. The summed E-state index contributed by atoms with van der Waals surface area (Å²) in [5.41, 5.74) is -1.46. The van der Waals surface area contributed by atoms with E-state index in [-0.39, 0.29) is 5.56 Å². The van der Waals surface area contributed by atoms with Gasteiger partial charge in [-0.25, -0.2) is 13.2 Å². The lowest BCUT2D eigenvalue weighted by Gasteiger charge is -2.19. The van der Waals surface area contributed by atoms with Gasteiger partial charge in [-0.2, -0.15) is 0 Å². The Morgan fingerprint density at radius 3 is 2.25 bits per heavy atom. The van der Waals surface area contributed by atoms with Crippen molar-refractivity contribution < 1.29 is 22.9 Å². The summed E-state index contributed by atoms with van der Waals surface area (Å²) in [6.45, 7) is 4.97. The molecule has 0 heterocycles. The third-order valence-electron chi connectivity index (χ3n) is 2.19. The average Bonchev–Trinajstić information content (AvgIpc) is 2.24. The smallest absolute Gasteiger partial charge is 0.338 e. The molecular formula is C12H15NO6S. The standard InChI is InChI=1S/C12H15NO6S/c1-12(2,3)19-11(14)8-5-6-10(20(4,17)18)9(7-8)13(15)16/h5-7H,1-4H3. The summed E-state index contributed by atoms with van der Waals surface area (Å²) in [5.74, 6) is -0.749. The number of nitro benzene ring substituents is 1. The Morgan fingerprint density at radius 2 is 1.85 bits per heavy atom. The van der Waals surface area contributed by atoms with Crippen LogP contribution in [0.3, 0.4) is 0 Å². The number of hydrogen-bond acceptors (Lipinski definition) is 6. The van der Waals surface area contributed by atoms with Gasteiger partial charge in [-0.05, 0) is 32.9 Å². The Bertz CT molecular complexity index is 657. The number of benzene rings is 1. The largest absolute Gasteiger partial charge is 0.456 e. The monoisotopic (exact) mass is 301 g/mol. The van der Waals surface area contributed by atoms with Crippen LogP contribution in [-0.4, -0.2) is 31.2 Å². The first-order valence-corrected chi connectivity index (χ1v) is 7.53. The van der Waals surface area contributed by atoms with Crippen LogP contribution in [0.2, 0.25) is 0 Å². The SMILES string of the molecule is CC(C)(C)OC(=O)c1ccc(S(C)(=O)=O)c([N+](=O)[O-])c1. The van der Waals surface area contributed by atoms with Crippen LogP contribution < -0.4 is 0 Å². The normalized spacial score (nSPS) is 12.0. The van der Waals surface area contributed by atoms with Crippen LogP contribution in [0.5, 0.6) is 0 Å². The van der Waals surface area contributed by atoms with E-state index in [4.69, 9.17) is 4.74 Å². The van der Waals surface area contributed by atoms with E-state index < -0.39 is 36.9 Å². The fourth-order valence-corrected chi connectivity index (χ4v) is 2.27. The number of hydrogen-bond donors (Lipinski definition) is 0. The topological polar surface area (TPSA) is 104 Å². The highest BCUT2D eigenvalue weighted by molar-refractivity contribution is 7.90. The van der Waals surface area contributed by atoms with Crippen LogP contribution in [0.4, 0.5) is 5.69 Å². The number of rotatable bonds is 3. The first-order chi connectivity index (χ1) is 8.92. The van der Waals surface area contributed by atoms with Gasteiger partial charge in [0.1, 0.15) is 10.5 Å². The number of carbonyl (C=O) groups is 1. The molecule has 1 aromatic rings. The molecular weight excluding hydrogens is 286 g/mol. The van der Waals surface area contributed by atoms with Crippen molar-refractivity contribution in [3.05, 3.63) is 33.9 Å². The number of esters is 1. The molecule has 0 radical (unpaired) electrons. The number of sulfone groups is 1. The van der Waals surface area contributed by atoms with Gasteiger partial charge in [0, 0.05) is 12.3 Å². The first-order valence-electron chi connectivity index (χ1n) is 5.63. The van der Waals surface area contributed by atoms with Gasteiger partial charge in [-0.15, -0.1) is 0 Å². The van der Waals surface area contributed by atoms with Crippen LogP contribution in [-0.2, 0) is 14.6 Å². The Balaban J connectivity index is 3.32. The lowest BCUT2D eigenvalue weighted by Crippen LogP contribution is -2.24. The maximum atomic E-state index is 11.8. The van der Waals surface area contributed by atoms with Crippen LogP contribution in [0, 0.1) is 10.1 Å². The minimum absolute atomic E-state index is 0.0703. The summed E-state index contributed by atoms with van der Waals surface area (Å²) in [6, 6.07) is 3.13. The van der Waals surface area contributed by atoms with Crippen molar-refractivity contribution in [1.29, 1.82) is 0 Å². The Kier molecular flexibility index (Phi) is 4.18. The van der Waals surface area contributed by atoms with E-state index in [0.29, 0.717) is 0 Å². The molecule has 0 bridgehead atoms. The van der Waals surface area contributed by atoms with E-state index in [1.54, 1.807) is 20.8 Å². The van der Waals surface area contributed by atoms with E-state index >= 15 is 0 Å². The molecule has 0 saturated heterocycles. The molecule has 0 N–H and O–H groups in total. The highest BCUT2D eigenvalue weighted by Gasteiger charge is 2.25. The van der Waals surface area contributed by atoms with Gasteiger partial charge in [-0.1, -0.05) is 0 Å². The Labute approximate surface area is 116 Å². The molecule has 8 heteroatoms. The van der Waals surface area contributed by atoms with Gasteiger partial charge in [0.15, 0.2) is 9.84 Å². The number of nitro groups is 1. The van der Waals surface area contributed by atoms with Crippen molar-refractivity contribution in [3.8, 4) is 0 Å². The lowest BCUT2D eigenvalue weighted by atomic mass is 10.1. The summed E-state index contributed by atoms with van der Waals surface area (Å²) >= 11 is 0. The van der Waals surface area contributed by atoms with Crippen LogP contribution in [0.1, 0.15) is 31.1 Å². The van der Waals surface area contributed by atoms with Crippen molar-refractivity contribution in [2.24, 2.45) is 0 Å². The molecule has 0 unspecified atom stereocenters. The quantitative estimate of drug-likeness (QED) is 0.480. The van der Waals surface area contributed by atoms with Crippen molar-refractivity contribution in [1.82, 2.24) is 0 Å². The second-order valence-corrected chi connectivity index (χ2v) is 7.20. The number of carbonyl (C=O) groups excluding carboxylic acids is 1. The van der Waals surface area contributed by atoms with E-state index in [1.165, 1.54) is 6.07 Å². The highest BCUT2D eigenvalue weighted by Crippen LogP contribution is 2.26. The van der Waals surface area contributed by atoms with Gasteiger partial charge in [-0.3, -0.25) is 10.1 Å². The summed E-state index contributed by atoms with van der Waals surface area (Å²) in [5, 5.41) is 10.9. The van der Waals surface area contributed by atoms with E-state index in [9.17, 15) is 23.3 Å². The predicted octanol–water partition coefficient (Wildman–Crippen LogP) is 1.95. The molecule has 0 spiro atoms. The fourth-order valence-electron chi connectivity index (χ4n) is 1.44. The number of ether oxygens (including phenoxy) is 1. The van der Waals surface area contributed by atoms with Crippen LogP contribution in [0.25, 0.3) is 0 Å². The third kappa shape index (κ3) is 4.02. The van der Waals surface area contributed by atoms with Gasteiger partial charge in [0.25, 0.3) is 5.69 Å². The van der Waals surface area contributed by atoms with Crippen molar-refractivity contribution in [2.45, 2.75) is 31.3 Å². The van der Waals surface area contributed by atoms with Crippen LogP contribution >= 0.6 is 0 Å². The predicted molar refractivity (Wildman–Crippen MR) is 71.4 cm³/mol. The minimum atomic E-state index is -3.75. The molecule has 7 nitrogen and oxygen atoms in total. The van der Waals surface area contributed by atoms with Crippen LogP contribution in [0.15, 0.2) is 23.1 Å². The van der Waals surface area contributed by atoms with Gasteiger partial charge in [0.05, 0.1) is 10.5 Å². The molecule has 0 aliphatic heterocycles. The zero-order valence-electron chi connectivity index (χ0n) is 11.5. The highest BCUT2D eigenvalue weighted by atomic mass is 32.2. The maximum Gasteiger partial charge on any atom is 0.338 e.